The summed E-state index contributed by atoms with van der Waals surface area (Å²) in [6.45, 7) is 0.312. The molecule has 3 aromatic rings. The van der Waals surface area contributed by atoms with E-state index in [-0.39, 0.29) is 11.9 Å². The van der Waals surface area contributed by atoms with Gasteiger partial charge in [0.1, 0.15) is 12.5 Å². The summed E-state index contributed by atoms with van der Waals surface area (Å²) < 4.78 is 5.51. The highest BCUT2D eigenvalue weighted by Crippen LogP contribution is 2.32. The molecule has 0 unspecified atom stereocenters. The van der Waals surface area contributed by atoms with Crippen LogP contribution in [0.25, 0.3) is 0 Å². The lowest BCUT2D eigenvalue weighted by molar-refractivity contribution is -0.145. The molecule has 21 heavy (non-hydrogen) atoms. The Morgan fingerprint density at radius 3 is 2.05 bits per heavy atom. The molecule has 0 N–H and O–H groups in total. The summed E-state index contributed by atoms with van der Waals surface area (Å²) in [6.07, 6.45) is 0. The Bertz CT molecular complexity index is 639. The highest BCUT2D eigenvalue weighted by molar-refractivity contribution is 7.11. The van der Waals surface area contributed by atoms with E-state index >= 15 is 0 Å². The van der Waals surface area contributed by atoms with Gasteiger partial charge in [-0.3, -0.25) is 4.79 Å². The van der Waals surface area contributed by atoms with Crippen LogP contribution in [0.5, 0.6) is 0 Å². The van der Waals surface area contributed by atoms with E-state index in [9.17, 15) is 4.79 Å². The molecule has 0 amide bonds. The lowest BCUT2D eigenvalue weighted by Crippen LogP contribution is -2.15. The van der Waals surface area contributed by atoms with Gasteiger partial charge in [-0.2, -0.15) is 0 Å². The first-order chi connectivity index (χ1) is 10.3. The molecule has 1 aromatic carbocycles. The summed E-state index contributed by atoms with van der Waals surface area (Å²) in [6, 6.07) is 17.6. The second-order valence-electron chi connectivity index (χ2n) is 4.56. The van der Waals surface area contributed by atoms with E-state index in [0.717, 1.165) is 15.3 Å². The quantitative estimate of drug-likeness (QED) is 0.639. The highest BCUT2D eigenvalue weighted by Gasteiger charge is 2.26. The zero-order chi connectivity index (χ0) is 14.5. The van der Waals surface area contributed by atoms with Crippen molar-refractivity contribution in [3.05, 3.63) is 80.7 Å². The van der Waals surface area contributed by atoms with Gasteiger partial charge < -0.3 is 4.74 Å². The smallest absolute Gasteiger partial charge is 0.319 e. The van der Waals surface area contributed by atoms with Crippen LogP contribution >= 0.6 is 22.7 Å². The number of esters is 1. The van der Waals surface area contributed by atoms with Crippen LogP contribution in [-0.4, -0.2) is 5.97 Å². The fraction of sp³-hybridized carbons (Fsp3) is 0.118. The minimum absolute atomic E-state index is 0.191. The van der Waals surface area contributed by atoms with Gasteiger partial charge in [0.25, 0.3) is 0 Å². The van der Waals surface area contributed by atoms with Crippen molar-refractivity contribution in [2.75, 3.05) is 0 Å². The molecule has 0 aliphatic carbocycles. The Balaban J connectivity index is 1.76. The molecular formula is C17H14O2S2. The number of benzene rings is 1. The molecule has 2 nitrogen and oxygen atoms in total. The van der Waals surface area contributed by atoms with Gasteiger partial charge in [0, 0.05) is 9.75 Å². The molecule has 0 saturated heterocycles. The van der Waals surface area contributed by atoms with Crippen LogP contribution in [0.4, 0.5) is 0 Å². The lowest BCUT2D eigenvalue weighted by atomic mass is 10.1. The number of carbonyl (C=O) groups is 1. The molecular weight excluding hydrogens is 300 g/mol. The molecule has 0 aliphatic heterocycles. The summed E-state index contributed by atoms with van der Waals surface area (Å²) in [5.41, 5.74) is 1.00. The monoisotopic (exact) mass is 314 g/mol. The molecule has 2 aromatic heterocycles. The first-order valence-electron chi connectivity index (χ1n) is 6.62. The van der Waals surface area contributed by atoms with E-state index in [0.29, 0.717) is 6.61 Å². The number of hydrogen-bond donors (Lipinski definition) is 0. The SMILES string of the molecule is O=C(OCc1ccccc1)C(c1cccs1)c1cccs1. The predicted molar refractivity (Wildman–Crippen MR) is 86.7 cm³/mol. The second kappa shape index (κ2) is 6.70. The minimum Gasteiger partial charge on any atom is -0.460 e. The summed E-state index contributed by atoms with van der Waals surface area (Å²) >= 11 is 3.17. The molecule has 0 spiro atoms. The third kappa shape index (κ3) is 3.40. The molecule has 106 valence electrons. The number of ether oxygens (including phenoxy) is 1. The average Bonchev–Trinajstić information content (AvgIpc) is 3.20. The lowest BCUT2D eigenvalue weighted by Gasteiger charge is -2.13. The molecule has 0 atom stereocenters. The van der Waals surface area contributed by atoms with E-state index < -0.39 is 0 Å². The molecule has 0 aliphatic rings. The van der Waals surface area contributed by atoms with Crippen LogP contribution in [0.3, 0.4) is 0 Å². The fourth-order valence-electron chi connectivity index (χ4n) is 2.10. The second-order valence-corrected chi connectivity index (χ2v) is 6.52. The Morgan fingerprint density at radius 2 is 1.52 bits per heavy atom. The highest BCUT2D eigenvalue weighted by atomic mass is 32.1. The van der Waals surface area contributed by atoms with E-state index in [1.165, 1.54) is 0 Å². The van der Waals surface area contributed by atoms with Crippen molar-refractivity contribution >= 4 is 28.6 Å². The van der Waals surface area contributed by atoms with Gasteiger partial charge in [-0.1, -0.05) is 42.5 Å². The molecule has 0 bridgehead atoms. The number of rotatable bonds is 5. The number of hydrogen-bond acceptors (Lipinski definition) is 4. The van der Waals surface area contributed by atoms with Crippen LogP contribution in [-0.2, 0) is 16.1 Å². The van der Waals surface area contributed by atoms with Crippen molar-refractivity contribution < 1.29 is 9.53 Å². The maximum absolute atomic E-state index is 12.5. The van der Waals surface area contributed by atoms with Gasteiger partial charge in [-0.05, 0) is 28.5 Å². The standard InChI is InChI=1S/C17H14O2S2/c18-17(19-12-13-6-2-1-3-7-13)16(14-8-4-10-20-14)15-9-5-11-21-15/h1-11,16H,12H2. The molecule has 0 fully saturated rings. The van der Waals surface area contributed by atoms with Crippen LogP contribution in [0, 0.1) is 0 Å². The Labute approximate surface area is 131 Å². The Hall–Kier alpha value is -1.91. The van der Waals surface area contributed by atoms with Gasteiger partial charge in [-0.25, -0.2) is 0 Å². The first-order valence-corrected chi connectivity index (χ1v) is 8.38. The summed E-state index contributed by atoms with van der Waals surface area (Å²) in [5, 5.41) is 3.97. The van der Waals surface area contributed by atoms with E-state index in [2.05, 4.69) is 0 Å². The van der Waals surface area contributed by atoms with Crippen molar-refractivity contribution in [1.82, 2.24) is 0 Å². The molecule has 0 saturated carbocycles. The van der Waals surface area contributed by atoms with Crippen LogP contribution in [0.2, 0.25) is 0 Å². The van der Waals surface area contributed by atoms with Crippen molar-refractivity contribution in [1.29, 1.82) is 0 Å². The maximum atomic E-state index is 12.5. The normalized spacial score (nSPS) is 10.7. The maximum Gasteiger partial charge on any atom is 0.319 e. The summed E-state index contributed by atoms with van der Waals surface area (Å²) in [4.78, 5) is 14.6. The van der Waals surface area contributed by atoms with E-state index in [1.54, 1.807) is 22.7 Å². The molecule has 4 heteroatoms. The first kappa shape index (κ1) is 14.0. The predicted octanol–water partition coefficient (Wildman–Crippen LogP) is 4.68. The van der Waals surface area contributed by atoms with Gasteiger partial charge in [0.05, 0.1) is 0 Å². The van der Waals surface area contributed by atoms with Crippen molar-refractivity contribution in [3.63, 3.8) is 0 Å². The zero-order valence-electron chi connectivity index (χ0n) is 11.3. The van der Waals surface area contributed by atoms with Crippen molar-refractivity contribution in [2.45, 2.75) is 12.5 Å². The summed E-state index contributed by atoms with van der Waals surface area (Å²) in [7, 11) is 0. The molecule has 2 heterocycles. The summed E-state index contributed by atoms with van der Waals surface area (Å²) in [5.74, 6) is -0.502. The number of carbonyl (C=O) groups excluding carboxylic acids is 1. The van der Waals surface area contributed by atoms with Crippen LogP contribution in [0.1, 0.15) is 21.2 Å². The zero-order valence-corrected chi connectivity index (χ0v) is 12.9. The third-order valence-corrected chi connectivity index (χ3v) is 4.99. The van der Waals surface area contributed by atoms with E-state index in [1.807, 2.05) is 65.4 Å². The van der Waals surface area contributed by atoms with E-state index in [4.69, 9.17) is 4.74 Å². The van der Waals surface area contributed by atoms with Gasteiger partial charge in [0.2, 0.25) is 0 Å². The fourth-order valence-corrected chi connectivity index (χ4v) is 3.83. The van der Waals surface area contributed by atoms with Gasteiger partial charge in [-0.15, -0.1) is 22.7 Å². The third-order valence-electron chi connectivity index (χ3n) is 3.12. The Kier molecular flexibility index (Phi) is 4.48. The van der Waals surface area contributed by atoms with Crippen molar-refractivity contribution in [3.8, 4) is 0 Å². The molecule has 3 rings (SSSR count). The largest absolute Gasteiger partial charge is 0.460 e. The topological polar surface area (TPSA) is 26.3 Å². The van der Waals surface area contributed by atoms with Crippen molar-refractivity contribution in [2.24, 2.45) is 0 Å². The average molecular weight is 314 g/mol. The van der Waals surface area contributed by atoms with Crippen LogP contribution in [0.15, 0.2) is 65.4 Å². The molecule has 0 radical (unpaired) electrons. The van der Waals surface area contributed by atoms with Gasteiger partial charge in [0.15, 0.2) is 0 Å². The Morgan fingerprint density at radius 1 is 0.905 bits per heavy atom. The number of thiophene rings is 2. The van der Waals surface area contributed by atoms with Gasteiger partial charge >= 0.3 is 5.97 Å². The minimum atomic E-state index is -0.311. The van der Waals surface area contributed by atoms with Crippen LogP contribution < -0.4 is 0 Å².